The number of benzene rings is 1. The van der Waals surface area contributed by atoms with Gasteiger partial charge in [-0.25, -0.2) is 0 Å². The lowest BCUT2D eigenvalue weighted by atomic mass is 10.1. The summed E-state index contributed by atoms with van der Waals surface area (Å²) in [6.07, 6.45) is 3.72. The summed E-state index contributed by atoms with van der Waals surface area (Å²) in [6.45, 7) is 0.548. The predicted molar refractivity (Wildman–Crippen MR) is 91.0 cm³/mol. The Kier molecular flexibility index (Phi) is 5.05. The van der Waals surface area contributed by atoms with Gasteiger partial charge in [-0.1, -0.05) is 18.2 Å². The molecule has 6 heteroatoms. The number of nitrogens with one attached hydrogen (secondary N) is 1. The van der Waals surface area contributed by atoms with Gasteiger partial charge in [-0.15, -0.1) is 10.2 Å². The van der Waals surface area contributed by atoms with Crippen LogP contribution in [0.2, 0.25) is 0 Å². The second-order valence-corrected chi connectivity index (χ2v) is 5.50. The van der Waals surface area contributed by atoms with Crippen molar-refractivity contribution in [3.63, 3.8) is 0 Å². The third-order valence-corrected chi connectivity index (χ3v) is 3.83. The topological polar surface area (TPSA) is 68.5 Å². The van der Waals surface area contributed by atoms with Gasteiger partial charge in [0.15, 0.2) is 5.65 Å². The Balaban J connectivity index is 1.45. The monoisotopic (exact) mass is 324 g/mol. The number of hydrogen-bond donors (Lipinski definition) is 1. The van der Waals surface area contributed by atoms with Crippen molar-refractivity contribution in [2.45, 2.75) is 19.3 Å². The van der Waals surface area contributed by atoms with Crippen LogP contribution in [0.25, 0.3) is 5.65 Å². The lowest BCUT2D eigenvalue weighted by Crippen LogP contribution is -2.26. The molecule has 1 N–H and O–H groups in total. The zero-order valence-corrected chi connectivity index (χ0v) is 13.6. The molecule has 0 bridgehead atoms. The number of fused-ring (bicyclic) bond motifs is 1. The highest BCUT2D eigenvalue weighted by Gasteiger charge is 2.06. The van der Waals surface area contributed by atoms with Crippen molar-refractivity contribution in [2.24, 2.45) is 0 Å². The molecule has 0 aliphatic heterocycles. The second-order valence-electron chi connectivity index (χ2n) is 5.50. The minimum absolute atomic E-state index is 0.0339. The summed E-state index contributed by atoms with van der Waals surface area (Å²) in [7, 11) is 1.64. The van der Waals surface area contributed by atoms with Crippen LogP contribution in [0.1, 0.15) is 17.8 Å². The van der Waals surface area contributed by atoms with E-state index in [0.29, 0.717) is 25.8 Å². The van der Waals surface area contributed by atoms with Gasteiger partial charge < -0.3 is 10.1 Å². The normalized spacial score (nSPS) is 10.7. The molecule has 3 aromatic rings. The van der Waals surface area contributed by atoms with E-state index in [4.69, 9.17) is 4.74 Å². The quantitative estimate of drug-likeness (QED) is 0.722. The first-order valence-electron chi connectivity index (χ1n) is 7.94. The van der Waals surface area contributed by atoms with E-state index in [1.165, 1.54) is 0 Å². The number of aryl methyl sites for hydroxylation is 1. The molecule has 1 amide bonds. The molecule has 24 heavy (non-hydrogen) atoms. The van der Waals surface area contributed by atoms with Crippen molar-refractivity contribution >= 4 is 11.6 Å². The van der Waals surface area contributed by atoms with Gasteiger partial charge in [0.2, 0.25) is 5.91 Å². The molecular formula is C18H20N4O2. The van der Waals surface area contributed by atoms with E-state index in [1.54, 1.807) is 7.11 Å². The fraction of sp³-hybridized carbons (Fsp3) is 0.278. The lowest BCUT2D eigenvalue weighted by Gasteiger charge is -2.06. The van der Waals surface area contributed by atoms with Gasteiger partial charge in [-0.05, 0) is 36.2 Å². The summed E-state index contributed by atoms with van der Waals surface area (Å²) in [4.78, 5) is 12.0. The smallest absolute Gasteiger partial charge is 0.220 e. The minimum atomic E-state index is 0.0339. The number of carbonyl (C=O) groups excluding carboxylic acids is 1. The predicted octanol–water partition coefficient (Wildman–Crippen LogP) is 2.03. The van der Waals surface area contributed by atoms with E-state index in [0.717, 1.165) is 22.8 Å². The maximum atomic E-state index is 12.0. The molecule has 0 spiro atoms. The van der Waals surface area contributed by atoms with Gasteiger partial charge >= 0.3 is 0 Å². The van der Waals surface area contributed by atoms with Crippen molar-refractivity contribution in [1.29, 1.82) is 0 Å². The maximum absolute atomic E-state index is 12.0. The Bertz CT molecular complexity index is 829. The van der Waals surface area contributed by atoms with Crippen LogP contribution in [0.15, 0.2) is 48.7 Å². The number of nitrogens with zero attached hydrogens (tertiary/aromatic N) is 3. The van der Waals surface area contributed by atoms with E-state index in [-0.39, 0.29) is 5.91 Å². The van der Waals surface area contributed by atoms with Crippen LogP contribution < -0.4 is 10.1 Å². The zero-order valence-electron chi connectivity index (χ0n) is 13.6. The first kappa shape index (κ1) is 16.0. The van der Waals surface area contributed by atoms with Crippen LogP contribution in [0.5, 0.6) is 5.75 Å². The van der Waals surface area contributed by atoms with Crippen LogP contribution in [0.3, 0.4) is 0 Å². The first-order valence-corrected chi connectivity index (χ1v) is 7.94. The molecule has 124 valence electrons. The van der Waals surface area contributed by atoms with Crippen molar-refractivity contribution < 1.29 is 9.53 Å². The summed E-state index contributed by atoms with van der Waals surface area (Å²) >= 11 is 0. The van der Waals surface area contributed by atoms with Crippen molar-refractivity contribution in [1.82, 2.24) is 19.9 Å². The zero-order chi connectivity index (χ0) is 16.8. The Morgan fingerprint density at radius 1 is 1.17 bits per heavy atom. The number of ether oxygens (including phenoxy) is 1. The standard InChI is InChI=1S/C18H20N4O2/c1-24-15-6-4-5-14(13-15)8-9-18(23)19-11-10-17-21-20-16-7-2-3-12-22(16)17/h2-7,12-13H,8-11H2,1H3,(H,19,23). The summed E-state index contributed by atoms with van der Waals surface area (Å²) in [5, 5.41) is 11.2. The number of methoxy groups -OCH3 is 1. The van der Waals surface area contributed by atoms with E-state index < -0.39 is 0 Å². The molecule has 1 aromatic carbocycles. The van der Waals surface area contributed by atoms with E-state index >= 15 is 0 Å². The molecule has 6 nitrogen and oxygen atoms in total. The molecule has 2 heterocycles. The Hall–Kier alpha value is -2.89. The van der Waals surface area contributed by atoms with Crippen molar-refractivity contribution in [3.8, 4) is 5.75 Å². The van der Waals surface area contributed by atoms with Crippen molar-refractivity contribution in [3.05, 3.63) is 60.0 Å². The third-order valence-electron chi connectivity index (χ3n) is 3.83. The van der Waals surface area contributed by atoms with Crippen LogP contribution in [-0.2, 0) is 17.6 Å². The second kappa shape index (κ2) is 7.59. The molecule has 3 rings (SSSR count). The van der Waals surface area contributed by atoms with Crippen molar-refractivity contribution in [2.75, 3.05) is 13.7 Å². The van der Waals surface area contributed by atoms with E-state index in [1.807, 2.05) is 53.1 Å². The van der Waals surface area contributed by atoms with Gasteiger partial charge in [0, 0.05) is 25.6 Å². The molecule has 0 saturated heterocycles. The molecule has 0 atom stereocenters. The Labute approximate surface area is 140 Å². The summed E-state index contributed by atoms with van der Waals surface area (Å²) < 4.78 is 7.12. The van der Waals surface area contributed by atoms with Crippen LogP contribution in [-0.4, -0.2) is 34.2 Å². The van der Waals surface area contributed by atoms with Gasteiger partial charge in [0.05, 0.1) is 7.11 Å². The molecule has 0 aliphatic rings. The van der Waals surface area contributed by atoms with Gasteiger partial charge in [0.1, 0.15) is 11.6 Å². The third kappa shape index (κ3) is 3.90. The van der Waals surface area contributed by atoms with Crippen LogP contribution >= 0.6 is 0 Å². The SMILES string of the molecule is COc1cccc(CCC(=O)NCCc2nnc3ccccn23)c1. The lowest BCUT2D eigenvalue weighted by molar-refractivity contribution is -0.121. The number of pyridine rings is 1. The highest BCUT2D eigenvalue weighted by molar-refractivity contribution is 5.76. The number of aromatic nitrogens is 3. The Morgan fingerprint density at radius 2 is 2.08 bits per heavy atom. The average molecular weight is 324 g/mol. The molecule has 0 fully saturated rings. The van der Waals surface area contributed by atoms with E-state index in [9.17, 15) is 4.79 Å². The summed E-state index contributed by atoms with van der Waals surface area (Å²) in [5.74, 6) is 1.69. The number of rotatable bonds is 7. The molecule has 2 aromatic heterocycles. The maximum Gasteiger partial charge on any atom is 0.220 e. The first-order chi connectivity index (χ1) is 11.8. The molecule has 0 saturated carbocycles. The van der Waals surface area contributed by atoms with Crippen LogP contribution in [0.4, 0.5) is 0 Å². The average Bonchev–Trinajstić information content (AvgIpc) is 3.03. The number of carbonyl (C=O) groups is 1. The molecular weight excluding hydrogens is 304 g/mol. The molecule has 0 unspecified atom stereocenters. The summed E-state index contributed by atoms with van der Waals surface area (Å²) in [5.41, 5.74) is 1.91. The molecule has 0 radical (unpaired) electrons. The molecule has 0 aliphatic carbocycles. The van der Waals surface area contributed by atoms with Gasteiger partial charge in [-0.3, -0.25) is 9.20 Å². The Morgan fingerprint density at radius 3 is 2.96 bits per heavy atom. The minimum Gasteiger partial charge on any atom is -0.497 e. The van der Waals surface area contributed by atoms with Gasteiger partial charge in [0.25, 0.3) is 0 Å². The van der Waals surface area contributed by atoms with E-state index in [2.05, 4.69) is 15.5 Å². The highest BCUT2D eigenvalue weighted by atomic mass is 16.5. The number of hydrogen-bond acceptors (Lipinski definition) is 4. The largest absolute Gasteiger partial charge is 0.497 e. The highest BCUT2D eigenvalue weighted by Crippen LogP contribution is 2.13. The van der Waals surface area contributed by atoms with Gasteiger partial charge in [-0.2, -0.15) is 0 Å². The summed E-state index contributed by atoms with van der Waals surface area (Å²) in [6, 6.07) is 13.5. The van der Waals surface area contributed by atoms with Crippen LogP contribution in [0, 0.1) is 0 Å². The number of amides is 1. The fourth-order valence-corrected chi connectivity index (χ4v) is 2.55. The fourth-order valence-electron chi connectivity index (χ4n) is 2.55.